The molecule has 0 aromatic heterocycles. The second kappa shape index (κ2) is 24.0. The molecule has 316 valence electrons. The summed E-state index contributed by atoms with van der Waals surface area (Å²) in [7, 11) is 0. The van der Waals surface area contributed by atoms with Crippen LogP contribution in [-0.2, 0) is 6.42 Å². The second-order valence-corrected chi connectivity index (χ2v) is 14.1. The van der Waals surface area contributed by atoms with Crippen LogP contribution in [0.4, 0.5) is 0 Å². The summed E-state index contributed by atoms with van der Waals surface area (Å²) in [6.45, 7) is 2.11. The van der Waals surface area contributed by atoms with Crippen LogP contribution in [0.2, 0.25) is 0 Å². The summed E-state index contributed by atoms with van der Waals surface area (Å²) in [5.41, 5.74) is 17.2. The molecule has 0 saturated heterocycles. The fourth-order valence-electron chi connectivity index (χ4n) is 6.20. The monoisotopic (exact) mass is 842 g/mol. The molecule has 0 unspecified atom stereocenters. The lowest BCUT2D eigenvalue weighted by Gasteiger charge is -2.05. The van der Waals surface area contributed by atoms with E-state index in [0.29, 0.717) is 27.8 Å². The molecule has 0 atom stereocenters. The summed E-state index contributed by atoms with van der Waals surface area (Å²) >= 11 is 0. The van der Waals surface area contributed by atoms with E-state index >= 15 is 0 Å². The highest BCUT2D eigenvalue weighted by molar-refractivity contribution is 6.15. The molecule has 4 N–H and O–H groups in total. The summed E-state index contributed by atoms with van der Waals surface area (Å²) in [6.07, 6.45) is 1.000. The third-order valence-electron chi connectivity index (χ3n) is 9.65. The first kappa shape index (κ1) is 46.4. The smallest absolute Gasteiger partial charge is 0.249 e. The highest BCUT2D eigenvalue weighted by atomic mass is 16.2. The SMILES string of the molecule is CCc1ccc(C(=O)c2ccccc2)cc1.NC(=O)c1cccc(C(=O)c2ccccc2)c1.NC(=O)c1ccccc1C(=O)c1ccccc1.O=C(c1ccccc1)c1ccccc1. The predicted molar refractivity (Wildman–Crippen MR) is 252 cm³/mol. The van der Waals surface area contributed by atoms with Crippen LogP contribution in [0.1, 0.15) is 96.9 Å². The quantitative estimate of drug-likeness (QED) is 0.124. The largest absolute Gasteiger partial charge is 0.366 e. The molecule has 0 spiro atoms. The highest BCUT2D eigenvalue weighted by Gasteiger charge is 2.16. The first-order valence-electron chi connectivity index (χ1n) is 20.4. The Balaban J connectivity index is 0.000000161. The van der Waals surface area contributed by atoms with Gasteiger partial charge in [-0.1, -0.05) is 213 Å². The molecule has 8 aromatic carbocycles. The zero-order valence-electron chi connectivity index (χ0n) is 35.2. The predicted octanol–water partition coefficient (Wildman–Crippen LogP) is 10.4. The number of nitrogens with two attached hydrogens (primary N) is 2. The van der Waals surface area contributed by atoms with Crippen molar-refractivity contribution < 1.29 is 28.8 Å². The number of amides is 2. The molecule has 8 rings (SSSR count). The molecule has 0 radical (unpaired) electrons. The highest BCUT2D eigenvalue weighted by Crippen LogP contribution is 2.16. The van der Waals surface area contributed by atoms with Gasteiger partial charge >= 0.3 is 0 Å². The van der Waals surface area contributed by atoms with E-state index in [1.807, 2.05) is 127 Å². The van der Waals surface area contributed by atoms with E-state index < -0.39 is 11.8 Å². The maximum atomic E-state index is 12.2. The maximum absolute atomic E-state index is 12.2. The lowest BCUT2D eigenvalue weighted by molar-refractivity contribution is 0.0980. The zero-order valence-corrected chi connectivity index (χ0v) is 35.2. The molecule has 8 nitrogen and oxygen atoms in total. The molecule has 0 heterocycles. The minimum absolute atomic E-state index is 0.0752. The number of benzene rings is 8. The van der Waals surface area contributed by atoms with Gasteiger partial charge in [-0.25, -0.2) is 0 Å². The van der Waals surface area contributed by atoms with E-state index in [0.717, 1.165) is 28.7 Å². The number of aryl methyl sites for hydroxylation is 1. The van der Waals surface area contributed by atoms with Crippen LogP contribution in [0.3, 0.4) is 0 Å². The van der Waals surface area contributed by atoms with Gasteiger partial charge in [0.25, 0.3) is 0 Å². The Bertz CT molecular complexity index is 2750. The van der Waals surface area contributed by atoms with E-state index in [4.69, 9.17) is 11.5 Å². The number of carbonyl (C=O) groups excluding carboxylic acids is 6. The van der Waals surface area contributed by atoms with Crippen molar-refractivity contribution in [2.75, 3.05) is 0 Å². The topological polar surface area (TPSA) is 154 Å². The van der Waals surface area contributed by atoms with Crippen LogP contribution in [0.5, 0.6) is 0 Å². The van der Waals surface area contributed by atoms with E-state index in [-0.39, 0.29) is 28.7 Å². The van der Waals surface area contributed by atoms with Crippen molar-refractivity contribution in [1.82, 2.24) is 0 Å². The summed E-state index contributed by atoms with van der Waals surface area (Å²) in [4.78, 5) is 70.4. The molecule has 64 heavy (non-hydrogen) atoms. The Morgan fingerprint density at radius 1 is 0.297 bits per heavy atom. The van der Waals surface area contributed by atoms with Gasteiger partial charge in [0.2, 0.25) is 11.8 Å². The third-order valence-corrected chi connectivity index (χ3v) is 9.65. The number of ketones is 4. The van der Waals surface area contributed by atoms with E-state index in [1.54, 1.807) is 91.0 Å². The number of hydrogen-bond acceptors (Lipinski definition) is 6. The molecule has 0 fully saturated rings. The maximum Gasteiger partial charge on any atom is 0.249 e. The van der Waals surface area contributed by atoms with Gasteiger partial charge in [-0.2, -0.15) is 0 Å². The van der Waals surface area contributed by atoms with Crippen molar-refractivity contribution in [2.24, 2.45) is 11.5 Å². The summed E-state index contributed by atoms with van der Waals surface area (Å²) in [6, 6.07) is 66.5. The fourth-order valence-corrected chi connectivity index (χ4v) is 6.20. The average molecular weight is 843 g/mol. The normalized spacial score (nSPS) is 9.89. The van der Waals surface area contributed by atoms with Crippen molar-refractivity contribution in [1.29, 1.82) is 0 Å². The number of carbonyl (C=O) groups is 6. The second-order valence-electron chi connectivity index (χ2n) is 14.1. The Labute approximate surface area is 372 Å². The van der Waals surface area contributed by atoms with Gasteiger partial charge < -0.3 is 11.5 Å². The fraction of sp³-hybridized carbons (Fsp3) is 0.0357. The van der Waals surface area contributed by atoms with Crippen LogP contribution in [0.25, 0.3) is 0 Å². The summed E-state index contributed by atoms with van der Waals surface area (Å²) in [5.74, 6) is -1.28. The van der Waals surface area contributed by atoms with Gasteiger partial charge in [-0.15, -0.1) is 0 Å². The molecule has 8 aromatic rings. The van der Waals surface area contributed by atoms with Crippen LogP contribution in [0, 0.1) is 0 Å². The minimum Gasteiger partial charge on any atom is -0.366 e. The average Bonchev–Trinajstić information content (AvgIpc) is 3.37. The van der Waals surface area contributed by atoms with E-state index in [2.05, 4.69) is 6.92 Å². The van der Waals surface area contributed by atoms with Crippen LogP contribution >= 0.6 is 0 Å². The molecule has 0 bridgehead atoms. The van der Waals surface area contributed by atoms with Crippen molar-refractivity contribution in [2.45, 2.75) is 13.3 Å². The molecule has 0 aliphatic rings. The summed E-state index contributed by atoms with van der Waals surface area (Å²) < 4.78 is 0. The van der Waals surface area contributed by atoms with Crippen molar-refractivity contribution in [3.63, 3.8) is 0 Å². The molecular weight excluding hydrogens is 797 g/mol. The van der Waals surface area contributed by atoms with Crippen LogP contribution in [-0.4, -0.2) is 34.9 Å². The Hall–Kier alpha value is -8.62. The summed E-state index contributed by atoms with van der Waals surface area (Å²) in [5, 5.41) is 0. The number of rotatable bonds is 11. The molecule has 8 heteroatoms. The molecular formula is C56H46N2O6. The van der Waals surface area contributed by atoms with Crippen LogP contribution < -0.4 is 11.5 Å². The van der Waals surface area contributed by atoms with Gasteiger partial charge in [0.1, 0.15) is 0 Å². The standard InChI is InChI=1S/C15H14O.2C14H11NO2.C13H10O/c1-2-12-8-10-14(11-9-12)15(16)13-6-4-3-5-7-13;15-14(17)12-9-5-4-8-11(12)13(16)10-6-2-1-3-7-10;15-14(17)12-8-4-7-11(9-12)13(16)10-5-2-1-3-6-10;14-13(11-7-3-1-4-8-11)12-9-5-2-6-10-12/h3-11H,2H2,1H3;2*1-9H,(H2,15,17);1-10H. The van der Waals surface area contributed by atoms with E-state index in [1.165, 1.54) is 11.6 Å². The first-order valence-corrected chi connectivity index (χ1v) is 20.4. The van der Waals surface area contributed by atoms with E-state index in [9.17, 15) is 28.8 Å². The first-order chi connectivity index (χ1) is 31.1. The Kier molecular flexibility index (Phi) is 17.4. The zero-order chi connectivity index (χ0) is 45.7. The van der Waals surface area contributed by atoms with Gasteiger partial charge in [0.05, 0.1) is 5.56 Å². The van der Waals surface area contributed by atoms with Crippen molar-refractivity contribution >= 4 is 34.9 Å². The third kappa shape index (κ3) is 13.4. The molecule has 0 saturated carbocycles. The van der Waals surface area contributed by atoms with Crippen LogP contribution in [0.15, 0.2) is 224 Å². The Morgan fingerprint density at radius 3 is 0.953 bits per heavy atom. The van der Waals surface area contributed by atoms with Crippen molar-refractivity contribution in [3.05, 3.63) is 286 Å². The Morgan fingerprint density at radius 2 is 0.594 bits per heavy atom. The number of primary amides is 2. The van der Waals surface area contributed by atoms with Crippen molar-refractivity contribution in [3.8, 4) is 0 Å². The van der Waals surface area contributed by atoms with Gasteiger partial charge in [0, 0.05) is 50.1 Å². The molecule has 2 amide bonds. The van der Waals surface area contributed by atoms with Gasteiger partial charge in [0.15, 0.2) is 23.1 Å². The molecule has 0 aliphatic carbocycles. The number of hydrogen-bond donors (Lipinski definition) is 2. The molecule has 0 aliphatic heterocycles. The van der Waals surface area contributed by atoms with Gasteiger partial charge in [-0.05, 0) is 30.2 Å². The minimum atomic E-state index is -0.593. The lowest BCUT2D eigenvalue weighted by Crippen LogP contribution is -2.16. The van der Waals surface area contributed by atoms with Gasteiger partial charge in [-0.3, -0.25) is 28.8 Å². The lowest BCUT2D eigenvalue weighted by atomic mass is 9.98.